The molecule has 28 heavy (non-hydrogen) atoms. The average Bonchev–Trinajstić information content (AvgIpc) is 2.64. The molecule has 4 rings (SSSR count). The van der Waals surface area contributed by atoms with Crippen molar-refractivity contribution >= 4 is 11.5 Å². The molecular formula is C18H15F4N5O. The first-order valence-corrected chi connectivity index (χ1v) is 8.52. The Balaban J connectivity index is 1.77. The van der Waals surface area contributed by atoms with Crippen molar-refractivity contribution in [2.75, 3.05) is 11.4 Å². The van der Waals surface area contributed by atoms with Gasteiger partial charge < -0.3 is 4.90 Å². The number of aromatic nitrogens is 4. The molecule has 6 nitrogen and oxygen atoms in total. The van der Waals surface area contributed by atoms with E-state index in [0.717, 1.165) is 16.8 Å². The van der Waals surface area contributed by atoms with Gasteiger partial charge >= 0.3 is 11.7 Å². The Kier molecular flexibility index (Phi) is 4.09. The SMILES string of the molecule is Cc1cc2nc(C)c(F)c(=O)n2nc1N1CCc2ncc(C(F)(F)F)cc2C1. The molecule has 1 aliphatic heterocycles. The number of fused-ring (bicyclic) bond motifs is 2. The second kappa shape index (κ2) is 6.25. The van der Waals surface area contributed by atoms with Crippen LogP contribution in [-0.4, -0.2) is 26.1 Å². The molecule has 0 saturated heterocycles. The van der Waals surface area contributed by atoms with E-state index in [4.69, 9.17) is 0 Å². The normalized spacial score (nSPS) is 14.4. The van der Waals surface area contributed by atoms with Crippen molar-refractivity contribution < 1.29 is 17.6 Å². The summed E-state index contributed by atoms with van der Waals surface area (Å²) in [5.41, 5.74) is 0.198. The average molecular weight is 393 g/mol. The van der Waals surface area contributed by atoms with Gasteiger partial charge in [0.2, 0.25) is 5.82 Å². The highest BCUT2D eigenvalue weighted by molar-refractivity contribution is 5.54. The molecule has 0 unspecified atom stereocenters. The molecule has 0 aromatic carbocycles. The molecule has 4 heterocycles. The summed E-state index contributed by atoms with van der Waals surface area (Å²) in [5, 5.41) is 4.23. The highest BCUT2D eigenvalue weighted by Gasteiger charge is 2.32. The lowest BCUT2D eigenvalue weighted by Gasteiger charge is -2.30. The monoisotopic (exact) mass is 393 g/mol. The van der Waals surface area contributed by atoms with E-state index in [1.54, 1.807) is 17.9 Å². The molecule has 1 aliphatic rings. The van der Waals surface area contributed by atoms with E-state index in [-0.39, 0.29) is 17.9 Å². The summed E-state index contributed by atoms with van der Waals surface area (Å²) in [6.07, 6.45) is -3.21. The number of alkyl halides is 3. The first-order chi connectivity index (χ1) is 13.1. The summed E-state index contributed by atoms with van der Waals surface area (Å²) in [6.45, 7) is 3.77. The largest absolute Gasteiger partial charge is 0.417 e. The minimum Gasteiger partial charge on any atom is -0.350 e. The smallest absolute Gasteiger partial charge is 0.350 e. The van der Waals surface area contributed by atoms with E-state index < -0.39 is 23.1 Å². The van der Waals surface area contributed by atoms with Crippen LogP contribution in [0.5, 0.6) is 0 Å². The van der Waals surface area contributed by atoms with Crippen LogP contribution < -0.4 is 10.5 Å². The van der Waals surface area contributed by atoms with Gasteiger partial charge in [0, 0.05) is 31.4 Å². The van der Waals surface area contributed by atoms with Crippen molar-refractivity contribution in [1.29, 1.82) is 0 Å². The van der Waals surface area contributed by atoms with Gasteiger partial charge in [-0.2, -0.15) is 22.1 Å². The zero-order chi connectivity index (χ0) is 20.2. The molecule has 146 valence electrons. The third-order valence-corrected chi connectivity index (χ3v) is 4.76. The lowest BCUT2D eigenvalue weighted by Crippen LogP contribution is -2.34. The predicted octanol–water partition coefficient (Wildman–Crippen LogP) is 2.82. The molecule has 0 bridgehead atoms. The first-order valence-electron chi connectivity index (χ1n) is 8.52. The Morgan fingerprint density at radius 2 is 1.93 bits per heavy atom. The number of halogens is 4. The van der Waals surface area contributed by atoms with Gasteiger partial charge in [-0.15, -0.1) is 5.10 Å². The number of nitrogens with zero attached hydrogens (tertiary/aromatic N) is 5. The van der Waals surface area contributed by atoms with Gasteiger partial charge in [-0.05, 0) is 37.1 Å². The van der Waals surface area contributed by atoms with Gasteiger partial charge in [-0.3, -0.25) is 9.78 Å². The van der Waals surface area contributed by atoms with Gasteiger partial charge in [-0.25, -0.2) is 4.98 Å². The standard InChI is InChI=1S/C18H15F4N5O/c1-9-5-14-24-10(2)15(19)17(28)27(14)25-16(9)26-4-3-13-11(8-26)6-12(7-23-13)18(20,21)22/h5-7H,3-4,8H2,1-2H3. The van der Waals surface area contributed by atoms with Gasteiger partial charge in [0.1, 0.15) is 0 Å². The van der Waals surface area contributed by atoms with Crippen molar-refractivity contribution in [2.24, 2.45) is 0 Å². The molecule has 0 fully saturated rings. The van der Waals surface area contributed by atoms with Gasteiger partial charge in [0.25, 0.3) is 0 Å². The summed E-state index contributed by atoms with van der Waals surface area (Å²) in [4.78, 5) is 21.9. The van der Waals surface area contributed by atoms with Gasteiger partial charge in [-0.1, -0.05) is 0 Å². The predicted molar refractivity (Wildman–Crippen MR) is 92.7 cm³/mol. The maximum atomic E-state index is 13.9. The van der Waals surface area contributed by atoms with E-state index >= 15 is 0 Å². The molecule has 0 N–H and O–H groups in total. The van der Waals surface area contributed by atoms with Crippen LogP contribution in [0.1, 0.15) is 28.1 Å². The fraction of sp³-hybridized carbons (Fsp3) is 0.333. The zero-order valence-electron chi connectivity index (χ0n) is 15.0. The Hall–Kier alpha value is -3.04. The van der Waals surface area contributed by atoms with Gasteiger partial charge in [0.15, 0.2) is 11.5 Å². The highest BCUT2D eigenvalue weighted by Crippen LogP contribution is 2.32. The summed E-state index contributed by atoms with van der Waals surface area (Å²) < 4.78 is 53.8. The topological polar surface area (TPSA) is 63.4 Å². The fourth-order valence-electron chi connectivity index (χ4n) is 3.32. The minimum atomic E-state index is -4.48. The maximum Gasteiger partial charge on any atom is 0.417 e. The molecular weight excluding hydrogens is 378 g/mol. The first kappa shape index (κ1) is 18.3. The van der Waals surface area contributed by atoms with E-state index in [2.05, 4.69) is 15.1 Å². The van der Waals surface area contributed by atoms with Crippen LogP contribution >= 0.6 is 0 Å². The number of pyridine rings is 1. The van der Waals surface area contributed by atoms with Crippen LogP contribution in [0.25, 0.3) is 5.65 Å². The summed E-state index contributed by atoms with van der Waals surface area (Å²) in [6, 6.07) is 2.69. The molecule has 10 heteroatoms. The number of hydrogen-bond acceptors (Lipinski definition) is 5. The van der Waals surface area contributed by atoms with E-state index in [9.17, 15) is 22.4 Å². The Bertz CT molecular complexity index is 1160. The Labute approximate surface area is 156 Å². The lowest BCUT2D eigenvalue weighted by molar-refractivity contribution is -0.137. The number of anilines is 1. The molecule has 0 saturated carbocycles. The van der Waals surface area contributed by atoms with Crippen LogP contribution in [0.15, 0.2) is 23.1 Å². The molecule has 0 atom stereocenters. The number of hydrogen-bond donors (Lipinski definition) is 0. The van der Waals surface area contributed by atoms with Crippen LogP contribution in [0.3, 0.4) is 0 Å². The maximum absolute atomic E-state index is 13.9. The fourth-order valence-corrected chi connectivity index (χ4v) is 3.32. The Morgan fingerprint density at radius 3 is 2.64 bits per heavy atom. The summed E-state index contributed by atoms with van der Waals surface area (Å²) in [5.74, 6) is -0.592. The van der Waals surface area contributed by atoms with Gasteiger partial charge in [0.05, 0.1) is 11.3 Å². The quantitative estimate of drug-likeness (QED) is 0.595. The van der Waals surface area contributed by atoms with Crippen molar-refractivity contribution in [2.45, 2.75) is 33.0 Å². The molecule has 0 aliphatic carbocycles. The highest BCUT2D eigenvalue weighted by atomic mass is 19.4. The number of aryl methyl sites for hydroxylation is 2. The third-order valence-electron chi connectivity index (χ3n) is 4.76. The van der Waals surface area contributed by atoms with Crippen LogP contribution in [0.4, 0.5) is 23.4 Å². The minimum absolute atomic E-state index is 0.0170. The lowest BCUT2D eigenvalue weighted by atomic mass is 10.0. The molecule has 0 amide bonds. The second-order valence-electron chi connectivity index (χ2n) is 6.74. The van der Waals surface area contributed by atoms with Crippen LogP contribution in [0, 0.1) is 19.7 Å². The van der Waals surface area contributed by atoms with Crippen molar-refractivity contribution in [3.8, 4) is 0 Å². The summed E-state index contributed by atoms with van der Waals surface area (Å²) in [7, 11) is 0. The van der Waals surface area contributed by atoms with Crippen molar-refractivity contribution in [1.82, 2.24) is 19.6 Å². The zero-order valence-corrected chi connectivity index (χ0v) is 15.0. The van der Waals surface area contributed by atoms with Crippen LogP contribution in [-0.2, 0) is 19.1 Å². The molecule has 0 spiro atoms. The Morgan fingerprint density at radius 1 is 1.18 bits per heavy atom. The third kappa shape index (κ3) is 2.98. The molecule has 0 radical (unpaired) electrons. The van der Waals surface area contributed by atoms with Crippen molar-refractivity contribution in [3.05, 3.63) is 62.6 Å². The molecule has 3 aromatic rings. The number of rotatable bonds is 1. The molecule has 3 aromatic heterocycles. The van der Waals surface area contributed by atoms with E-state index in [1.165, 1.54) is 6.92 Å². The summed E-state index contributed by atoms with van der Waals surface area (Å²) >= 11 is 0. The van der Waals surface area contributed by atoms with Crippen LogP contribution in [0.2, 0.25) is 0 Å². The van der Waals surface area contributed by atoms with E-state index in [1.807, 2.05) is 0 Å². The van der Waals surface area contributed by atoms with Crippen molar-refractivity contribution in [3.63, 3.8) is 0 Å². The van der Waals surface area contributed by atoms with E-state index in [0.29, 0.717) is 35.6 Å². The second-order valence-corrected chi connectivity index (χ2v) is 6.74.